The third kappa shape index (κ3) is 3.96. The van der Waals surface area contributed by atoms with Gasteiger partial charge in [0.25, 0.3) is 0 Å². The summed E-state index contributed by atoms with van der Waals surface area (Å²) < 4.78 is 20.2. The number of ketones is 1. The summed E-state index contributed by atoms with van der Waals surface area (Å²) in [5.41, 5.74) is 0. The van der Waals surface area contributed by atoms with Crippen LogP contribution in [0.4, 0.5) is 0 Å². The molecule has 6 nitrogen and oxygen atoms in total. The predicted octanol–water partition coefficient (Wildman–Crippen LogP) is -0.190. The van der Waals surface area contributed by atoms with E-state index in [1.807, 2.05) is 0 Å². The molecule has 7 heteroatoms. The summed E-state index contributed by atoms with van der Waals surface area (Å²) >= 11 is 0. The molecule has 0 heterocycles. The normalized spacial score (nSPS) is 14.6. The maximum Gasteiger partial charge on any atom is 0.372 e. The highest BCUT2D eigenvalue weighted by Gasteiger charge is 2.27. The first-order valence-electron chi connectivity index (χ1n) is 3.43. The largest absolute Gasteiger partial charge is 0.475 e. The minimum atomic E-state index is -2.81. The van der Waals surface area contributed by atoms with Crippen molar-refractivity contribution in [2.75, 3.05) is 6.16 Å². The first kappa shape index (κ1) is 12.0. The van der Waals surface area contributed by atoms with Gasteiger partial charge in [0.1, 0.15) is 0 Å². The van der Waals surface area contributed by atoms with Gasteiger partial charge in [-0.1, -0.05) is 6.92 Å². The molecule has 0 spiro atoms. The van der Waals surface area contributed by atoms with Crippen LogP contribution in [0.1, 0.15) is 6.92 Å². The Morgan fingerprint density at radius 2 is 1.85 bits per heavy atom. The third-order valence-corrected chi connectivity index (χ3v) is 2.21. The van der Waals surface area contributed by atoms with E-state index in [-0.39, 0.29) is 0 Å². The molecule has 2 N–H and O–H groups in total. The molecule has 0 aliphatic rings. The number of Topliss-reactive ketones (excluding diaryl/α,β-unsaturated/α-hetero) is 1. The van der Waals surface area contributed by atoms with Crippen LogP contribution in [0.25, 0.3) is 0 Å². The first-order valence-corrected chi connectivity index (χ1v) is 4.79. The van der Waals surface area contributed by atoms with Crippen molar-refractivity contribution in [1.29, 1.82) is 0 Å². The van der Waals surface area contributed by atoms with Gasteiger partial charge in [0, 0.05) is 0 Å². The molecule has 0 aliphatic carbocycles. The third-order valence-electron chi connectivity index (χ3n) is 1.54. The SMILES string of the molecule is CC(C(=O)C(=O)O)C(O)CP(=O)=O. The molecule has 2 unspecified atom stereocenters. The van der Waals surface area contributed by atoms with Crippen LogP contribution in [0.2, 0.25) is 0 Å². The number of carbonyl (C=O) groups excluding carboxylic acids is 1. The van der Waals surface area contributed by atoms with Gasteiger partial charge in [-0.3, -0.25) is 4.79 Å². The lowest BCUT2D eigenvalue weighted by molar-refractivity contribution is -0.152. The van der Waals surface area contributed by atoms with Gasteiger partial charge in [-0.25, -0.2) is 13.9 Å². The fourth-order valence-electron chi connectivity index (χ4n) is 0.680. The lowest BCUT2D eigenvalue weighted by Gasteiger charge is -2.11. The highest BCUT2D eigenvalue weighted by molar-refractivity contribution is 7.30. The molecule has 0 bridgehead atoms. The summed E-state index contributed by atoms with van der Waals surface area (Å²) in [6.45, 7) is 1.17. The average molecular weight is 208 g/mol. The molecule has 0 aromatic carbocycles. The molecular formula is C6H9O6P. The summed E-state index contributed by atoms with van der Waals surface area (Å²) in [4.78, 5) is 20.8. The van der Waals surface area contributed by atoms with Crippen molar-refractivity contribution in [3.05, 3.63) is 0 Å². The smallest absolute Gasteiger partial charge is 0.372 e. The summed E-state index contributed by atoms with van der Waals surface area (Å²) in [5, 5.41) is 17.3. The molecule has 0 rings (SSSR count). The molecule has 0 aromatic rings. The van der Waals surface area contributed by atoms with Gasteiger partial charge >= 0.3 is 13.6 Å². The van der Waals surface area contributed by atoms with Crippen LogP contribution in [0.15, 0.2) is 0 Å². The van der Waals surface area contributed by atoms with Crippen LogP contribution in [0, 0.1) is 5.92 Å². The summed E-state index contributed by atoms with van der Waals surface area (Å²) in [6.07, 6.45) is -2.06. The van der Waals surface area contributed by atoms with Crippen LogP contribution in [-0.2, 0) is 18.7 Å². The van der Waals surface area contributed by atoms with Gasteiger partial charge in [0.05, 0.1) is 18.2 Å². The Morgan fingerprint density at radius 1 is 1.38 bits per heavy atom. The van der Waals surface area contributed by atoms with E-state index in [0.29, 0.717) is 0 Å². The Hall–Kier alpha value is -1.00. The summed E-state index contributed by atoms with van der Waals surface area (Å²) in [6, 6.07) is 0. The van der Waals surface area contributed by atoms with Crippen molar-refractivity contribution >= 4 is 19.4 Å². The molecule has 74 valence electrons. The molecule has 0 aromatic heterocycles. The monoisotopic (exact) mass is 208 g/mol. The molecule has 0 amide bonds. The fourth-order valence-corrected chi connectivity index (χ4v) is 1.30. The second kappa shape index (κ2) is 4.89. The van der Waals surface area contributed by atoms with Gasteiger partial charge in [0.2, 0.25) is 5.78 Å². The average Bonchev–Trinajstić information content (AvgIpc) is 2.00. The van der Waals surface area contributed by atoms with Gasteiger partial charge < -0.3 is 10.2 Å². The van der Waals surface area contributed by atoms with E-state index in [9.17, 15) is 18.7 Å². The number of carbonyl (C=O) groups is 2. The molecule has 2 atom stereocenters. The highest BCUT2D eigenvalue weighted by Crippen LogP contribution is 2.13. The number of carboxylic acids is 1. The van der Waals surface area contributed by atoms with Crippen LogP contribution in [-0.4, -0.2) is 34.2 Å². The second-order valence-corrected chi connectivity index (χ2v) is 3.57. The number of aliphatic carboxylic acids is 1. The van der Waals surface area contributed by atoms with Gasteiger partial charge in [-0.05, 0) is 0 Å². The Morgan fingerprint density at radius 3 is 2.15 bits per heavy atom. The van der Waals surface area contributed by atoms with Gasteiger partial charge in [0.15, 0.2) is 0 Å². The van der Waals surface area contributed by atoms with Gasteiger partial charge in [-0.15, -0.1) is 0 Å². The Labute approximate surface area is 74.4 Å². The van der Waals surface area contributed by atoms with E-state index < -0.39 is 37.6 Å². The van der Waals surface area contributed by atoms with Crippen LogP contribution < -0.4 is 0 Å². The number of aliphatic hydroxyl groups excluding tert-OH is 1. The first-order chi connectivity index (χ1) is 5.86. The minimum absolute atomic E-state index is 0.602. The summed E-state index contributed by atoms with van der Waals surface area (Å²) in [7, 11) is -2.81. The van der Waals surface area contributed by atoms with Crippen molar-refractivity contribution in [2.45, 2.75) is 13.0 Å². The number of hydrogen-bond donors (Lipinski definition) is 2. The Kier molecular flexibility index (Phi) is 4.51. The van der Waals surface area contributed by atoms with E-state index >= 15 is 0 Å². The van der Waals surface area contributed by atoms with Crippen molar-refractivity contribution in [3.63, 3.8) is 0 Å². The standard InChI is InChI=1S/C6H9O6P/c1-3(5(8)6(9)10)4(7)2-13(11)12/h3-4,7H,2H2,1H3,(H,9,10). The molecule has 0 saturated carbocycles. The molecule has 0 radical (unpaired) electrons. The maximum atomic E-state index is 10.7. The number of hydrogen-bond acceptors (Lipinski definition) is 5. The van der Waals surface area contributed by atoms with E-state index in [0.717, 1.165) is 0 Å². The van der Waals surface area contributed by atoms with E-state index in [4.69, 9.17) is 10.2 Å². The van der Waals surface area contributed by atoms with Crippen molar-refractivity contribution in [3.8, 4) is 0 Å². The molecule has 13 heavy (non-hydrogen) atoms. The number of carboxylic acid groups (broad SMARTS) is 1. The van der Waals surface area contributed by atoms with Crippen LogP contribution >= 0.6 is 7.68 Å². The summed E-state index contributed by atoms with van der Waals surface area (Å²) in [5.74, 6) is -4.07. The van der Waals surface area contributed by atoms with Crippen molar-refractivity contribution < 1.29 is 28.9 Å². The van der Waals surface area contributed by atoms with E-state index in [2.05, 4.69) is 0 Å². The predicted molar refractivity (Wildman–Crippen MR) is 41.0 cm³/mol. The molecule has 0 fully saturated rings. The van der Waals surface area contributed by atoms with Crippen LogP contribution in [0.5, 0.6) is 0 Å². The van der Waals surface area contributed by atoms with Crippen molar-refractivity contribution in [1.82, 2.24) is 0 Å². The van der Waals surface area contributed by atoms with Crippen LogP contribution in [0.3, 0.4) is 0 Å². The second-order valence-electron chi connectivity index (χ2n) is 2.54. The maximum absolute atomic E-state index is 10.7. The molecule has 0 saturated heterocycles. The number of aliphatic hydroxyl groups is 1. The Bertz CT molecular complexity index is 273. The van der Waals surface area contributed by atoms with Gasteiger partial charge in [-0.2, -0.15) is 0 Å². The molecule has 0 aliphatic heterocycles. The zero-order valence-corrected chi connectivity index (χ0v) is 7.73. The fraction of sp³-hybridized carbons (Fsp3) is 0.667. The zero-order valence-electron chi connectivity index (χ0n) is 6.84. The minimum Gasteiger partial charge on any atom is -0.475 e. The zero-order chi connectivity index (χ0) is 10.6. The van der Waals surface area contributed by atoms with E-state index in [1.165, 1.54) is 6.92 Å². The quantitative estimate of drug-likeness (QED) is 0.478. The Balaban J connectivity index is 4.33. The number of rotatable bonds is 5. The molecular weight excluding hydrogens is 199 g/mol. The van der Waals surface area contributed by atoms with Crippen molar-refractivity contribution in [2.24, 2.45) is 5.92 Å². The lowest BCUT2D eigenvalue weighted by Crippen LogP contribution is -2.32. The highest BCUT2D eigenvalue weighted by atomic mass is 31.1. The lowest BCUT2D eigenvalue weighted by atomic mass is 10.0. The van der Waals surface area contributed by atoms with E-state index in [1.54, 1.807) is 0 Å². The topological polar surface area (TPSA) is 109 Å².